The van der Waals surface area contributed by atoms with Crippen LogP contribution in [0.15, 0.2) is 58.4 Å². The zero-order chi connectivity index (χ0) is 20.6. The van der Waals surface area contributed by atoms with Crippen LogP contribution < -0.4 is 15.7 Å². The van der Waals surface area contributed by atoms with Crippen LogP contribution in [0.1, 0.15) is 42.7 Å². The molecule has 1 aromatic heterocycles. The van der Waals surface area contributed by atoms with Gasteiger partial charge in [0.05, 0.1) is 18.2 Å². The molecule has 1 N–H and O–H groups in total. The van der Waals surface area contributed by atoms with Gasteiger partial charge in [0.2, 0.25) is 0 Å². The van der Waals surface area contributed by atoms with Crippen molar-refractivity contribution in [3.8, 4) is 5.75 Å². The van der Waals surface area contributed by atoms with Gasteiger partial charge in [-0.3, -0.25) is 9.59 Å². The molecule has 1 heterocycles. The van der Waals surface area contributed by atoms with Gasteiger partial charge in [-0.2, -0.15) is 10.2 Å². The molecular formula is C22H24N4O3. The minimum absolute atomic E-state index is 0.166. The molecule has 1 amide bonds. The Labute approximate surface area is 169 Å². The summed E-state index contributed by atoms with van der Waals surface area (Å²) >= 11 is 0. The van der Waals surface area contributed by atoms with Crippen LogP contribution in [0, 0.1) is 0 Å². The second kappa shape index (κ2) is 9.64. The average Bonchev–Trinajstić information content (AvgIpc) is 2.75. The molecule has 0 unspecified atom stereocenters. The van der Waals surface area contributed by atoms with Gasteiger partial charge >= 0.3 is 0 Å². The van der Waals surface area contributed by atoms with Gasteiger partial charge in [-0.1, -0.05) is 31.5 Å². The van der Waals surface area contributed by atoms with Gasteiger partial charge in [-0.15, -0.1) is 0 Å². The Morgan fingerprint density at radius 3 is 2.55 bits per heavy atom. The summed E-state index contributed by atoms with van der Waals surface area (Å²) < 4.78 is 6.90. The van der Waals surface area contributed by atoms with E-state index in [1.165, 1.54) is 4.68 Å². The van der Waals surface area contributed by atoms with Crippen molar-refractivity contribution >= 4 is 22.9 Å². The van der Waals surface area contributed by atoms with Crippen molar-refractivity contribution in [2.24, 2.45) is 5.10 Å². The van der Waals surface area contributed by atoms with Crippen LogP contribution in [0.2, 0.25) is 0 Å². The van der Waals surface area contributed by atoms with Crippen LogP contribution >= 0.6 is 0 Å². The molecule has 0 atom stereocenters. The minimum atomic E-state index is -0.473. The molecule has 2 aromatic carbocycles. The zero-order valence-corrected chi connectivity index (χ0v) is 16.6. The number of ether oxygens (including phenoxy) is 1. The van der Waals surface area contributed by atoms with Crippen LogP contribution in [0.3, 0.4) is 0 Å². The fourth-order valence-electron chi connectivity index (χ4n) is 2.82. The van der Waals surface area contributed by atoms with Crippen LogP contribution in [0.5, 0.6) is 5.75 Å². The van der Waals surface area contributed by atoms with E-state index in [1.807, 2.05) is 24.3 Å². The molecule has 3 aromatic rings. The number of rotatable bonds is 8. The second-order valence-electron chi connectivity index (χ2n) is 6.49. The minimum Gasteiger partial charge on any atom is -0.494 e. The van der Waals surface area contributed by atoms with E-state index in [1.54, 1.807) is 37.4 Å². The first-order chi connectivity index (χ1) is 14.1. The monoisotopic (exact) mass is 392 g/mol. The number of unbranched alkanes of at least 4 members (excludes halogenated alkanes) is 1. The zero-order valence-electron chi connectivity index (χ0n) is 16.6. The number of nitrogens with one attached hydrogen (secondary N) is 1. The van der Waals surface area contributed by atoms with Crippen LogP contribution in [0.25, 0.3) is 10.8 Å². The Morgan fingerprint density at radius 2 is 1.86 bits per heavy atom. The lowest BCUT2D eigenvalue weighted by Gasteiger charge is -2.08. The van der Waals surface area contributed by atoms with E-state index in [2.05, 4.69) is 22.5 Å². The molecule has 7 heteroatoms. The summed E-state index contributed by atoms with van der Waals surface area (Å²) in [6.07, 6.45) is 3.65. The molecule has 0 saturated carbocycles. The molecule has 0 aliphatic carbocycles. The molecule has 3 rings (SSSR count). The summed E-state index contributed by atoms with van der Waals surface area (Å²) in [6.45, 7) is 4.99. The van der Waals surface area contributed by atoms with Gasteiger partial charge in [0.1, 0.15) is 5.75 Å². The highest BCUT2D eigenvalue weighted by Crippen LogP contribution is 2.14. The smallest absolute Gasteiger partial charge is 0.292 e. The van der Waals surface area contributed by atoms with Gasteiger partial charge in [-0.05, 0) is 49.2 Å². The third-order valence-corrected chi connectivity index (χ3v) is 4.41. The Kier molecular flexibility index (Phi) is 6.73. The molecule has 0 bridgehead atoms. The van der Waals surface area contributed by atoms with Crippen molar-refractivity contribution in [3.63, 3.8) is 0 Å². The fraction of sp³-hybridized carbons (Fsp3) is 0.273. The summed E-state index contributed by atoms with van der Waals surface area (Å²) in [4.78, 5) is 25.0. The van der Waals surface area contributed by atoms with Crippen molar-refractivity contribution in [2.75, 3.05) is 6.61 Å². The number of benzene rings is 2. The standard InChI is InChI=1S/C22H24N4O3/c1-3-5-14-29-17-12-10-16(11-13-17)15-23-24-21(27)20-18-8-6-7-9-19(18)22(28)26(4-2)25-20/h6-13,15H,3-5,14H2,1-2H3,(H,24,27)/b23-15+. The number of carbonyl (C=O) groups excluding carboxylic acids is 1. The highest BCUT2D eigenvalue weighted by Gasteiger charge is 2.15. The maximum atomic E-state index is 12.6. The summed E-state index contributed by atoms with van der Waals surface area (Å²) in [5.74, 6) is 0.330. The number of hydrogen-bond acceptors (Lipinski definition) is 5. The number of fused-ring (bicyclic) bond motifs is 1. The molecule has 150 valence electrons. The number of aromatic nitrogens is 2. The molecule has 0 fully saturated rings. The Hall–Kier alpha value is -3.48. The van der Waals surface area contributed by atoms with Gasteiger partial charge in [-0.25, -0.2) is 10.1 Å². The molecular weight excluding hydrogens is 368 g/mol. The Balaban J connectivity index is 1.72. The molecule has 0 saturated heterocycles. The lowest BCUT2D eigenvalue weighted by molar-refractivity contribution is 0.0949. The van der Waals surface area contributed by atoms with Gasteiger partial charge in [0.25, 0.3) is 11.5 Å². The van der Waals surface area contributed by atoms with Crippen molar-refractivity contribution in [1.29, 1.82) is 0 Å². The third kappa shape index (κ3) is 4.87. The van der Waals surface area contributed by atoms with Gasteiger partial charge in [0, 0.05) is 11.9 Å². The first-order valence-electron chi connectivity index (χ1n) is 9.70. The summed E-state index contributed by atoms with van der Waals surface area (Å²) in [5, 5.41) is 9.17. The van der Waals surface area contributed by atoms with Crippen molar-refractivity contribution in [1.82, 2.24) is 15.2 Å². The third-order valence-electron chi connectivity index (χ3n) is 4.41. The van der Waals surface area contributed by atoms with E-state index in [0.29, 0.717) is 23.9 Å². The van der Waals surface area contributed by atoms with Gasteiger partial charge in [0.15, 0.2) is 5.69 Å². The highest BCUT2D eigenvalue weighted by molar-refractivity contribution is 6.04. The fourth-order valence-corrected chi connectivity index (χ4v) is 2.82. The van der Waals surface area contributed by atoms with Crippen molar-refractivity contribution in [3.05, 3.63) is 70.1 Å². The average molecular weight is 392 g/mol. The largest absolute Gasteiger partial charge is 0.494 e. The summed E-state index contributed by atoms with van der Waals surface area (Å²) in [6, 6.07) is 14.4. The van der Waals surface area contributed by atoms with E-state index < -0.39 is 5.91 Å². The van der Waals surface area contributed by atoms with E-state index in [-0.39, 0.29) is 11.3 Å². The summed E-state index contributed by atoms with van der Waals surface area (Å²) in [5.41, 5.74) is 3.26. The first kappa shape index (κ1) is 20.3. The molecule has 0 aliphatic rings. The SMILES string of the molecule is CCCCOc1ccc(/C=N/NC(=O)c2nn(CC)c(=O)c3ccccc23)cc1. The van der Waals surface area contributed by atoms with E-state index in [0.717, 1.165) is 24.2 Å². The molecule has 7 nitrogen and oxygen atoms in total. The number of carbonyl (C=O) groups is 1. The van der Waals surface area contributed by atoms with E-state index in [4.69, 9.17) is 4.74 Å². The van der Waals surface area contributed by atoms with Crippen LogP contribution in [0.4, 0.5) is 0 Å². The quantitative estimate of drug-likeness (QED) is 0.362. The number of hydrogen-bond donors (Lipinski definition) is 1. The number of aryl methyl sites for hydroxylation is 1. The summed E-state index contributed by atoms with van der Waals surface area (Å²) in [7, 11) is 0. The normalized spacial score (nSPS) is 11.1. The molecule has 0 spiro atoms. The molecule has 0 aliphatic heterocycles. The van der Waals surface area contributed by atoms with Gasteiger partial charge < -0.3 is 4.74 Å². The second-order valence-corrected chi connectivity index (χ2v) is 6.49. The van der Waals surface area contributed by atoms with E-state index in [9.17, 15) is 9.59 Å². The maximum absolute atomic E-state index is 12.6. The lowest BCUT2D eigenvalue weighted by atomic mass is 10.1. The van der Waals surface area contributed by atoms with E-state index >= 15 is 0 Å². The molecule has 0 radical (unpaired) electrons. The predicted octanol–water partition coefficient (Wildman–Crippen LogP) is 3.36. The molecule has 29 heavy (non-hydrogen) atoms. The Morgan fingerprint density at radius 1 is 1.14 bits per heavy atom. The van der Waals surface area contributed by atoms with Crippen molar-refractivity contribution in [2.45, 2.75) is 33.2 Å². The van der Waals surface area contributed by atoms with Crippen molar-refractivity contribution < 1.29 is 9.53 Å². The van der Waals surface area contributed by atoms with Crippen LogP contribution in [-0.4, -0.2) is 28.5 Å². The van der Waals surface area contributed by atoms with Crippen LogP contribution in [-0.2, 0) is 6.54 Å². The number of nitrogens with zero attached hydrogens (tertiary/aromatic N) is 3. The maximum Gasteiger partial charge on any atom is 0.292 e. The Bertz CT molecular complexity index is 1070. The number of amides is 1. The topological polar surface area (TPSA) is 85.6 Å². The number of hydrazone groups is 1. The predicted molar refractivity (Wildman–Crippen MR) is 114 cm³/mol. The lowest BCUT2D eigenvalue weighted by Crippen LogP contribution is -2.28. The highest BCUT2D eigenvalue weighted by atomic mass is 16.5. The first-order valence-corrected chi connectivity index (χ1v) is 9.70.